The van der Waals surface area contributed by atoms with Crippen LogP contribution >= 0.6 is 11.8 Å². The quantitative estimate of drug-likeness (QED) is 0.386. The highest BCUT2D eigenvalue weighted by Crippen LogP contribution is 2.47. The van der Waals surface area contributed by atoms with Gasteiger partial charge < -0.3 is 14.2 Å². The molecule has 2 aliphatic heterocycles. The van der Waals surface area contributed by atoms with E-state index < -0.39 is 0 Å². The Morgan fingerprint density at radius 2 is 1.36 bits per heavy atom. The summed E-state index contributed by atoms with van der Waals surface area (Å²) in [5, 5.41) is 0. The Hall–Kier alpha value is -3.44. The zero-order chi connectivity index (χ0) is 22.2. The molecule has 1 saturated heterocycles. The minimum absolute atomic E-state index is 0.262. The van der Waals surface area contributed by atoms with E-state index in [1.54, 1.807) is 0 Å². The summed E-state index contributed by atoms with van der Waals surface area (Å²) < 4.78 is 6.03. The molecule has 2 aliphatic rings. The van der Waals surface area contributed by atoms with Crippen LogP contribution in [-0.2, 0) is 5.75 Å². The van der Waals surface area contributed by atoms with Gasteiger partial charge in [-0.15, -0.1) is 11.8 Å². The van der Waals surface area contributed by atoms with E-state index in [2.05, 4.69) is 52.3 Å². The van der Waals surface area contributed by atoms with E-state index in [4.69, 9.17) is 4.42 Å². The molecule has 0 radical (unpaired) electrons. The van der Waals surface area contributed by atoms with E-state index in [1.165, 1.54) is 10.6 Å². The van der Waals surface area contributed by atoms with Crippen LogP contribution < -0.4 is 15.4 Å². The second kappa shape index (κ2) is 8.49. The summed E-state index contributed by atoms with van der Waals surface area (Å²) in [6.07, 6.45) is 0. The van der Waals surface area contributed by atoms with Gasteiger partial charge in [0.1, 0.15) is 5.76 Å². The molecule has 0 amide bonds. The number of fused-ring (bicyclic) bond motifs is 3. The van der Waals surface area contributed by atoms with Gasteiger partial charge >= 0.3 is 5.63 Å². The Kier molecular flexibility index (Phi) is 5.19. The molecule has 33 heavy (non-hydrogen) atoms. The number of para-hydroxylation sites is 1. The molecule has 0 aliphatic carbocycles. The van der Waals surface area contributed by atoms with Gasteiger partial charge in [0.2, 0.25) is 0 Å². The first-order chi connectivity index (χ1) is 16.3. The molecule has 0 spiro atoms. The van der Waals surface area contributed by atoms with Crippen LogP contribution in [0.5, 0.6) is 0 Å². The smallest absolute Gasteiger partial charge is 0.346 e. The minimum Gasteiger partial charge on any atom is -0.422 e. The number of rotatable bonds is 3. The molecule has 0 unspecified atom stereocenters. The van der Waals surface area contributed by atoms with Crippen molar-refractivity contribution in [1.82, 2.24) is 0 Å². The van der Waals surface area contributed by atoms with Crippen molar-refractivity contribution in [3.8, 4) is 22.5 Å². The highest BCUT2D eigenvalue weighted by Gasteiger charge is 2.31. The standard InChI is InChI=1S/C28H24N2O2S/c31-28-25(20-9-3-1-4-10-20)26(23-19-33-24-14-8-7-13-22(24)27(23)32-28)30-17-15-29(16-18-30)21-11-5-2-6-12-21/h1-14H,15-19H2. The van der Waals surface area contributed by atoms with Crippen molar-refractivity contribution in [2.24, 2.45) is 0 Å². The summed E-state index contributed by atoms with van der Waals surface area (Å²) in [6, 6.07) is 28.7. The lowest BCUT2D eigenvalue weighted by Crippen LogP contribution is -2.47. The SMILES string of the molecule is O=c1oc2c(c(N3CCN(c4ccccc4)CC3)c1-c1ccccc1)CSc1ccccc1-2. The molecule has 0 bridgehead atoms. The van der Waals surface area contributed by atoms with Crippen molar-refractivity contribution < 1.29 is 4.42 Å². The van der Waals surface area contributed by atoms with Crippen LogP contribution in [0.1, 0.15) is 5.56 Å². The number of hydrogen-bond donors (Lipinski definition) is 0. The summed E-state index contributed by atoms with van der Waals surface area (Å²) in [5.74, 6) is 1.53. The number of piperazine rings is 1. The third kappa shape index (κ3) is 3.62. The molecule has 164 valence electrons. The summed E-state index contributed by atoms with van der Waals surface area (Å²) in [5.41, 5.74) is 5.78. The maximum absolute atomic E-state index is 13.4. The topological polar surface area (TPSA) is 36.7 Å². The number of anilines is 2. The highest BCUT2D eigenvalue weighted by atomic mass is 32.2. The Labute approximate surface area is 197 Å². The lowest BCUT2D eigenvalue weighted by Gasteiger charge is -2.39. The van der Waals surface area contributed by atoms with Crippen LogP contribution in [0.25, 0.3) is 22.5 Å². The van der Waals surface area contributed by atoms with Gasteiger partial charge in [0.15, 0.2) is 0 Å². The molecule has 4 nitrogen and oxygen atoms in total. The molecule has 1 fully saturated rings. The Balaban J connectivity index is 1.47. The fraction of sp³-hybridized carbons (Fsp3) is 0.179. The predicted octanol–water partition coefficient (Wildman–Crippen LogP) is 5.91. The fourth-order valence-corrected chi connectivity index (χ4v) is 5.94. The first kappa shape index (κ1) is 20.2. The maximum Gasteiger partial charge on any atom is 0.346 e. The number of thioether (sulfide) groups is 1. The van der Waals surface area contributed by atoms with E-state index in [-0.39, 0.29) is 5.63 Å². The van der Waals surface area contributed by atoms with Gasteiger partial charge in [0.25, 0.3) is 0 Å². The molecule has 0 N–H and O–H groups in total. The lowest BCUT2D eigenvalue weighted by atomic mass is 9.98. The van der Waals surface area contributed by atoms with Gasteiger partial charge in [-0.3, -0.25) is 0 Å². The van der Waals surface area contributed by atoms with Crippen LogP contribution in [0.4, 0.5) is 11.4 Å². The molecule has 6 rings (SSSR count). The van der Waals surface area contributed by atoms with Gasteiger partial charge in [-0.2, -0.15) is 0 Å². The molecular weight excluding hydrogens is 428 g/mol. The van der Waals surface area contributed by atoms with Gasteiger partial charge in [-0.1, -0.05) is 66.7 Å². The molecule has 0 atom stereocenters. The average Bonchev–Trinajstić information content (AvgIpc) is 2.89. The van der Waals surface area contributed by atoms with E-state index in [0.29, 0.717) is 5.56 Å². The molecule has 3 aromatic carbocycles. The normalized spacial score (nSPS) is 15.2. The van der Waals surface area contributed by atoms with Gasteiger partial charge in [0, 0.05) is 53.6 Å². The maximum atomic E-state index is 13.4. The molecule has 5 heteroatoms. The third-order valence-corrected chi connectivity index (χ3v) is 7.58. The molecule has 4 aromatic rings. The van der Waals surface area contributed by atoms with Gasteiger partial charge in [-0.25, -0.2) is 4.79 Å². The van der Waals surface area contributed by atoms with Crippen molar-refractivity contribution in [1.29, 1.82) is 0 Å². The molecular formula is C28H24N2O2S. The summed E-state index contributed by atoms with van der Waals surface area (Å²) in [6.45, 7) is 3.54. The van der Waals surface area contributed by atoms with Gasteiger partial charge in [0.05, 0.1) is 11.3 Å². The van der Waals surface area contributed by atoms with E-state index >= 15 is 0 Å². The minimum atomic E-state index is -0.262. The summed E-state index contributed by atoms with van der Waals surface area (Å²) in [4.78, 5) is 19.4. The molecule has 1 aromatic heterocycles. The average molecular weight is 453 g/mol. The summed E-state index contributed by atoms with van der Waals surface area (Å²) in [7, 11) is 0. The summed E-state index contributed by atoms with van der Waals surface area (Å²) >= 11 is 1.82. The van der Waals surface area contributed by atoms with Crippen LogP contribution in [0.2, 0.25) is 0 Å². The predicted molar refractivity (Wildman–Crippen MR) is 136 cm³/mol. The van der Waals surface area contributed by atoms with Crippen LogP contribution in [-0.4, -0.2) is 26.2 Å². The number of hydrogen-bond acceptors (Lipinski definition) is 5. The van der Waals surface area contributed by atoms with E-state index in [9.17, 15) is 4.79 Å². The Bertz CT molecular complexity index is 1340. The number of benzene rings is 3. The van der Waals surface area contributed by atoms with E-state index in [0.717, 1.165) is 60.1 Å². The zero-order valence-electron chi connectivity index (χ0n) is 18.2. The zero-order valence-corrected chi connectivity index (χ0v) is 19.1. The largest absolute Gasteiger partial charge is 0.422 e. The Morgan fingerprint density at radius 3 is 2.12 bits per heavy atom. The first-order valence-electron chi connectivity index (χ1n) is 11.3. The third-order valence-electron chi connectivity index (χ3n) is 6.48. The lowest BCUT2D eigenvalue weighted by molar-refractivity contribution is 0.520. The van der Waals surface area contributed by atoms with Crippen molar-refractivity contribution >= 4 is 23.1 Å². The van der Waals surface area contributed by atoms with Crippen molar-refractivity contribution in [3.63, 3.8) is 0 Å². The molecule has 0 saturated carbocycles. The van der Waals surface area contributed by atoms with Gasteiger partial charge in [-0.05, 0) is 23.8 Å². The fourth-order valence-electron chi connectivity index (χ4n) is 4.88. The Morgan fingerprint density at radius 1 is 0.727 bits per heavy atom. The molecule has 3 heterocycles. The first-order valence-corrected chi connectivity index (χ1v) is 12.3. The second-order valence-electron chi connectivity index (χ2n) is 8.38. The van der Waals surface area contributed by atoms with Crippen molar-refractivity contribution in [2.75, 3.05) is 36.0 Å². The van der Waals surface area contributed by atoms with Crippen molar-refractivity contribution in [2.45, 2.75) is 10.6 Å². The monoisotopic (exact) mass is 452 g/mol. The number of nitrogens with zero attached hydrogens (tertiary/aromatic N) is 2. The van der Waals surface area contributed by atoms with Crippen LogP contribution in [0.15, 0.2) is 99.0 Å². The van der Waals surface area contributed by atoms with Crippen LogP contribution in [0.3, 0.4) is 0 Å². The van der Waals surface area contributed by atoms with Crippen LogP contribution in [0, 0.1) is 0 Å². The second-order valence-corrected chi connectivity index (χ2v) is 9.40. The highest BCUT2D eigenvalue weighted by molar-refractivity contribution is 7.98. The van der Waals surface area contributed by atoms with Crippen molar-refractivity contribution in [3.05, 3.63) is 101 Å². The van der Waals surface area contributed by atoms with E-state index in [1.807, 2.05) is 54.2 Å².